The molecule has 3 aromatic carbocycles. The molecule has 1 atom stereocenters. The molecule has 4 aromatic rings. The zero-order chi connectivity index (χ0) is 20.1. The first kappa shape index (κ1) is 22.6. The first-order valence-electron chi connectivity index (χ1n) is 10.2. The van der Waals surface area contributed by atoms with Gasteiger partial charge in [0.05, 0.1) is 0 Å². The van der Waals surface area contributed by atoms with Crippen molar-refractivity contribution in [1.82, 2.24) is 4.98 Å². The molecule has 2 aliphatic rings. The van der Waals surface area contributed by atoms with Crippen molar-refractivity contribution in [3.63, 3.8) is 0 Å². The molecule has 155 valence electrons. The van der Waals surface area contributed by atoms with Gasteiger partial charge in [-0.15, -0.1) is 0 Å². The van der Waals surface area contributed by atoms with E-state index in [9.17, 15) is 0 Å². The maximum atomic E-state index is 4.78. The molecule has 0 amide bonds. The summed E-state index contributed by atoms with van der Waals surface area (Å²) in [6.45, 7) is 0. The first-order chi connectivity index (χ1) is 14.8. The predicted octanol–water partition coefficient (Wildman–Crippen LogP) is 1.06. The fraction of sp³-hybridized carbons (Fsp3) is 0.0357. The molecular formula is C28H18Cl2CrN. The first-order valence-corrected chi connectivity index (χ1v) is 10.8. The zero-order valence-electron chi connectivity index (χ0n) is 17.0. The van der Waals surface area contributed by atoms with Crippen molar-refractivity contribution in [3.05, 3.63) is 120 Å². The Morgan fingerprint density at radius 3 is 2.38 bits per heavy atom. The van der Waals surface area contributed by atoms with Crippen LogP contribution in [-0.4, -0.2) is 4.98 Å². The number of halogens is 2. The zero-order valence-corrected chi connectivity index (χ0v) is 19.8. The number of hydrogen-bond donors (Lipinski definition) is 0. The number of benzene rings is 3. The van der Waals surface area contributed by atoms with E-state index in [0.717, 1.165) is 10.9 Å². The summed E-state index contributed by atoms with van der Waals surface area (Å²) in [5.74, 6) is 0.313. The van der Waals surface area contributed by atoms with E-state index in [1.807, 2.05) is 12.3 Å². The summed E-state index contributed by atoms with van der Waals surface area (Å²) in [6.07, 6.45) is 10.7. The summed E-state index contributed by atoms with van der Waals surface area (Å²) in [5, 5.41) is 1.16. The summed E-state index contributed by atoms with van der Waals surface area (Å²) < 4.78 is 1.25. The van der Waals surface area contributed by atoms with Gasteiger partial charge < -0.3 is 24.8 Å². The summed E-state index contributed by atoms with van der Waals surface area (Å²) >= 11 is 3.41. The van der Waals surface area contributed by atoms with E-state index in [1.54, 1.807) is 0 Å². The number of fused-ring (bicyclic) bond motifs is 4. The van der Waals surface area contributed by atoms with Gasteiger partial charge in [0, 0.05) is 0 Å². The van der Waals surface area contributed by atoms with Gasteiger partial charge >= 0.3 is 185 Å². The molecule has 1 heterocycles. The third kappa shape index (κ3) is 3.45. The Balaban J connectivity index is 0.00000122. The van der Waals surface area contributed by atoms with Crippen LogP contribution in [0.15, 0.2) is 109 Å². The topological polar surface area (TPSA) is 12.9 Å². The summed E-state index contributed by atoms with van der Waals surface area (Å²) in [4.78, 5) is 4.78. The summed E-state index contributed by atoms with van der Waals surface area (Å²) in [5.41, 5.74) is 9.99. The summed E-state index contributed by atoms with van der Waals surface area (Å²) in [7, 11) is 0. The van der Waals surface area contributed by atoms with Crippen LogP contribution < -0.4 is 24.8 Å². The second kappa shape index (κ2) is 9.10. The van der Waals surface area contributed by atoms with E-state index in [1.165, 1.54) is 43.4 Å². The molecule has 32 heavy (non-hydrogen) atoms. The second-order valence-electron chi connectivity index (χ2n) is 7.71. The van der Waals surface area contributed by atoms with Gasteiger partial charge in [-0.2, -0.15) is 0 Å². The molecule has 1 unspecified atom stereocenters. The van der Waals surface area contributed by atoms with Gasteiger partial charge in [0.2, 0.25) is 0 Å². The van der Waals surface area contributed by atoms with Crippen molar-refractivity contribution >= 4 is 15.3 Å². The molecule has 0 N–H and O–H groups in total. The van der Waals surface area contributed by atoms with Crippen molar-refractivity contribution in [1.29, 1.82) is 0 Å². The Labute approximate surface area is 208 Å². The Kier molecular flexibility index (Phi) is 6.43. The quantitative estimate of drug-likeness (QED) is 0.409. The molecule has 6 rings (SSSR count). The SMILES string of the molecule is [Cl-].[Cl-].[Cr+2][C]1=C2C=CC=CC2c2ccc(-c3ccccc3)c(-c3cccc4cccnc34)c21. The third-order valence-corrected chi connectivity index (χ3v) is 6.76. The average molecular weight is 491 g/mol. The summed E-state index contributed by atoms with van der Waals surface area (Å²) in [6, 6.07) is 25.9. The van der Waals surface area contributed by atoms with Crippen LogP contribution in [0.5, 0.6) is 0 Å². The van der Waals surface area contributed by atoms with Gasteiger partial charge in [-0.05, 0) is 0 Å². The average Bonchev–Trinajstić information content (AvgIpc) is 3.11. The Hall–Kier alpha value is -2.60. The molecule has 1 aromatic heterocycles. The number of allylic oxidation sites excluding steroid dienone is 5. The van der Waals surface area contributed by atoms with Crippen molar-refractivity contribution in [3.8, 4) is 22.3 Å². The van der Waals surface area contributed by atoms with Crippen LogP contribution in [0.2, 0.25) is 0 Å². The van der Waals surface area contributed by atoms with Crippen molar-refractivity contribution in [2.75, 3.05) is 0 Å². The van der Waals surface area contributed by atoms with Crippen molar-refractivity contribution in [2.45, 2.75) is 5.92 Å². The number of aromatic nitrogens is 1. The van der Waals surface area contributed by atoms with Gasteiger partial charge in [0.25, 0.3) is 0 Å². The molecule has 0 fully saturated rings. The molecular weight excluding hydrogens is 473 g/mol. The monoisotopic (exact) mass is 490 g/mol. The van der Waals surface area contributed by atoms with Gasteiger partial charge in [0.1, 0.15) is 0 Å². The molecule has 1 nitrogen and oxygen atoms in total. The molecule has 2 aliphatic carbocycles. The normalized spacial score (nSPS) is 15.7. The number of hydrogen-bond acceptors (Lipinski definition) is 1. The molecule has 0 spiro atoms. The van der Waals surface area contributed by atoms with Crippen LogP contribution in [0.1, 0.15) is 17.0 Å². The van der Waals surface area contributed by atoms with Crippen molar-refractivity contribution < 1.29 is 41.1 Å². The molecule has 0 saturated carbocycles. The van der Waals surface area contributed by atoms with E-state index >= 15 is 0 Å². The third-order valence-electron chi connectivity index (χ3n) is 6.07. The van der Waals surface area contributed by atoms with Crippen molar-refractivity contribution in [2.24, 2.45) is 0 Å². The van der Waals surface area contributed by atoms with Crippen LogP contribution >= 0.6 is 0 Å². The number of pyridine rings is 1. The van der Waals surface area contributed by atoms with Gasteiger partial charge in [0.15, 0.2) is 0 Å². The Morgan fingerprint density at radius 2 is 1.53 bits per heavy atom. The van der Waals surface area contributed by atoms with E-state index in [2.05, 4.69) is 107 Å². The van der Waals surface area contributed by atoms with E-state index in [4.69, 9.17) is 4.98 Å². The Morgan fingerprint density at radius 1 is 0.719 bits per heavy atom. The standard InChI is InChI=1S/C28H18N.2ClH.Cr/c1-2-8-19(9-3-1)23-15-16-24-22-13-5-4-10-21(22)18-26(24)27(23)25-14-6-11-20-12-7-17-29-28(20)25;;;/h1-17,22H;2*1H;/q;;;+2/p-2. The van der Waals surface area contributed by atoms with Crippen LogP contribution in [0.25, 0.3) is 37.6 Å². The minimum absolute atomic E-state index is 0. The fourth-order valence-corrected chi connectivity index (χ4v) is 5.39. The predicted molar refractivity (Wildman–Crippen MR) is 121 cm³/mol. The van der Waals surface area contributed by atoms with Crippen LogP contribution in [0, 0.1) is 0 Å². The number of nitrogens with zero attached hydrogens (tertiary/aromatic N) is 1. The number of rotatable bonds is 2. The molecule has 0 bridgehead atoms. The fourth-order valence-electron chi connectivity index (χ4n) is 4.74. The molecule has 0 aliphatic heterocycles. The van der Waals surface area contributed by atoms with Gasteiger partial charge in [-0.3, -0.25) is 0 Å². The van der Waals surface area contributed by atoms with Gasteiger partial charge in [-0.25, -0.2) is 0 Å². The maximum absolute atomic E-state index is 4.78. The van der Waals surface area contributed by atoms with Crippen LogP contribution in [0.3, 0.4) is 0 Å². The Bertz CT molecular complexity index is 1400. The van der Waals surface area contributed by atoms with E-state index in [0.29, 0.717) is 5.92 Å². The minimum atomic E-state index is 0. The van der Waals surface area contributed by atoms with Gasteiger partial charge in [-0.1, -0.05) is 0 Å². The second-order valence-corrected chi connectivity index (χ2v) is 8.34. The van der Waals surface area contributed by atoms with Crippen LogP contribution in [-0.2, 0) is 16.3 Å². The van der Waals surface area contributed by atoms with Crippen LogP contribution in [0.4, 0.5) is 0 Å². The molecule has 4 heteroatoms. The van der Waals surface area contributed by atoms with E-state index < -0.39 is 0 Å². The number of para-hydroxylation sites is 1. The van der Waals surface area contributed by atoms with E-state index in [-0.39, 0.29) is 24.8 Å². The molecule has 0 radical (unpaired) electrons. The molecule has 0 saturated heterocycles.